The number of nitro groups is 1. The number of benzene rings is 1. The SMILES string of the molecule is O=C1C=CC=C/C1=C/N(O)C(C[N+](=O)[O-])c1ccccc1. The molecule has 0 radical (unpaired) electrons. The van der Waals surface area contributed by atoms with Gasteiger partial charge in [0.05, 0.1) is 0 Å². The van der Waals surface area contributed by atoms with E-state index < -0.39 is 17.5 Å². The summed E-state index contributed by atoms with van der Waals surface area (Å²) in [6.07, 6.45) is 7.37. The van der Waals surface area contributed by atoms with Gasteiger partial charge in [0, 0.05) is 16.7 Å². The molecule has 1 N–H and O–H groups in total. The molecule has 1 unspecified atom stereocenters. The first-order chi connectivity index (χ1) is 10.1. The quantitative estimate of drug-likeness (QED) is 0.510. The van der Waals surface area contributed by atoms with Gasteiger partial charge in [0.15, 0.2) is 5.78 Å². The molecule has 0 amide bonds. The van der Waals surface area contributed by atoms with E-state index in [1.54, 1.807) is 48.6 Å². The summed E-state index contributed by atoms with van der Waals surface area (Å²) in [5, 5.41) is 21.6. The van der Waals surface area contributed by atoms with Crippen molar-refractivity contribution in [3.63, 3.8) is 0 Å². The van der Waals surface area contributed by atoms with E-state index in [1.165, 1.54) is 12.3 Å². The standard InChI is InChI=1S/C15H14N2O4/c18-15-9-5-4-8-13(15)10-16(19)14(11-17(20)21)12-6-2-1-3-7-12/h1-10,14,19H,11H2/b13-10-. The molecule has 108 valence electrons. The Morgan fingerprint density at radius 1 is 1.24 bits per heavy atom. The summed E-state index contributed by atoms with van der Waals surface area (Å²) in [7, 11) is 0. The third-order valence-corrected chi connectivity index (χ3v) is 3.02. The summed E-state index contributed by atoms with van der Waals surface area (Å²) in [5.41, 5.74) is 0.862. The maximum Gasteiger partial charge on any atom is 0.230 e. The van der Waals surface area contributed by atoms with Gasteiger partial charge in [-0.3, -0.25) is 20.1 Å². The van der Waals surface area contributed by atoms with Gasteiger partial charge in [-0.1, -0.05) is 42.5 Å². The molecule has 0 saturated heterocycles. The normalized spacial score (nSPS) is 17.0. The minimum atomic E-state index is -0.860. The zero-order chi connectivity index (χ0) is 15.2. The van der Waals surface area contributed by atoms with Crippen LogP contribution in [-0.4, -0.2) is 27.5 Å². The second-order valence-corrected chi connectivity index (χ2v) is 4.49. The average molecular weight is 286 g/mol. The van der Waals surface area contributed by atoms with Gasteiger partial charge in [-0.15, -0.1) is 0 Å². The van der Waals surface area contributed by atoms with Crippen LogP contribution in [0.4, 0.5) is 0 Å². The Morgan fingerprint density at radius 2 is 1.90 bits per heavy atom. The van der Waals surface area contributed by atoms with E-state index in [0.29, 0.717) is 5.56 Å². The number of carbonyl (C=O) groups is 1. The summed E-state index contributed by atoms with van der Waals surface area (Å²) in [6.45, 7) is -0.474. The highest BCUT2D eigenvalue weighted by Crippen LogP contribution is 2.21. The largest absolute Gasteiger partial charge is 0.289 e. The van der Waals surface area contributed by atoms with Crippen LogP contribution in [0.1, 0.15) is 11.6 Å². The van der Waals surface area contributed by atoms with Crippen molar-refractivity contribution in [3.05, 3.63) is 82.1 Å². The zero-order valence-corrected chi connectivity index (χ0v) is 11.1. The first-order valence-electron chi connectivity index (χ1n) is 6.33. The Bertz CT molecular complexity index is 620. The second-order valence-electron chi connectivity index (χ2n) is 4.49. The number of hydroxylamine groups is 2. The highest BCUT2D eigenvalue weighted by Gasteiger charge is 2.23. The fraction of sp³-hybridized carbons (Fsp3) is 0.133. The molecule has 0 spiro atoms. The van der Waals surface area contributed by atoms with Crippen LogP contribution in [-0.2, 0) is 4.79 Å². The number of hydrogen-bond acceptors (Lipinski definition) is 5. The van der Waals surface area contributed by atoms with Crippen LogP contribution in [0.2, 0.25) is 0 Å². The molecule has 6 nitrogen and oxygen atoms in total. The predicted molar refractivity (Wildman–Crippen MR) is 76.0 cm³/mol. The van der Waals surface area contributed by atoms with Crippen LogP contribution in [0.15, 0.2) is 66.4 Å². The van der Waals surface area contributed by atoms with E-state index >= 15 is 0 Å². The van der Waals surface area contributed by atoms with Crippen LogP contribution in [0.3, 0.4) is 0 Å². The summed E-state index contributed by atoms with van der Waals surface area (Å²) in [5.74, 6) is -0.260. The maximum atomic E-state index is 11.6. The number of allylic oxidation sites excluding steroid dienone is 5. The monoisotopic (exact) mass is 286 g/mol. The summed E-state index contributed by atoms with van der Waals surface area (Å²) in [6, 6.07) is 7.77. The van der Waals surface area contributed by atoms with Crippen molar-refractivity contribution in [1.29, 1.82) is 0 Å². The molecule has 21 heavy (non-hydrogen) atoms. The smallest absolute Gasteiger partial charge is 0.230 e. The van der Waals surface area contributed by atoms with Gasteiger partial charge in [0.1, 0.15) is 6.04 Å². The van der Waals surface area contributed by atoms with E-state index in [0.717, 1.165) is 5.06 Å². The molecule has 1 aromatic carbocycles. The second kappa shape index (κ2) is 6.62. The highest BCUT2D eigenvalue weighted by molar-refractivity contribution is 6.07. The van der Waals surface area contributed by atoms with Crippen LogP contribution < -0.4 is 0 Å². The van der Waals surface area contributed by atoms with Crippen molar-refractivity contribution in [1.82, 2.24) is 5.06 Å². The lowest BCUT2D eigenvalue weighted by molar-refractivity contribution is -0.491. The number of ketones is 1. The molecule has 0 heterocycles. The van der Waals surface area contributed by atoms with E-state index in [4.69, 9.17) is 0 Å². The molecular weight excluding hydrogens is 272 g/mol. The maximum absolute atomic E-state index is 11.6. The van der Waals surface area contributed by atoms with Gasteiger partial charge in [-0.05, 0) is 17.7 Å². The molecule has 1 aliphatic carbocycles. The molecule has 0 aliphatic heterocycles. The third-order valence-electron chi connectivity index (χ3n) is 3.02. The van der Waals surface area contributed by atoms with Crippen molar-refractivity contribution in [3.8, 4) is 0 Å². The minimum Gasteiger partial charge on any atom is -0.289 e. The van der Waals surface area contributed by atoms with Crippen LogP contribution in [0.5, 0.6) is 0 Å². The molecule has 2 rings (SSSR count). The number of carbonyl (C=O) groups excluding carboxylic acids is 1. The lowest BCUT2D eigenvalue weighted by Crippen LogP contribution is -2.27. The topological polar surface area (TPSA) is 83.7 Å². The lowest BCUT2D eigenvalue weighted by Gasteiger charge is -2.22. The van der Waals surface area contributed by atoms with Gasteiger partial charge in [0.25, 0.3) is 0 Å². The Morgan fingerprint density at radius 3 is 2.52 bits per heavy atom. The van der Waals surface area contributed by atoms with Crippen molar-refractivity contribution in [2.24, 2.45) is 0 Å². The summed E-state index contributed by atoms with van der Waals surface area (Å²) < 4.78 is 0. The fourth-order valence-electron chi connectivity index (χ4n) is 1.98. The van der Waals surface area contributed by atoms with E-state index in [2.05, 4.69) is 0 Å². The van der Waals surface area contributed by atoms with Crippen molar-refractivity contribution >= 4 is 5.78 Å². The van der Waals surface area contributed by atoms with Gasteiger partial charge in [0.2, 0.25) is 6.54 Å². The molecular formula is C15H14N2O4. The molecule has 0 saturated carbocycles. The van der Waals surface area contributed by atoms with Crippen LogP contribution in [0, 0.1) is 10.1 Å². The van der Waals surface area contributed by atoms with Crippen LogP contribution in [0.25, 0.3) is 0 Å². The Balaban J connectivity index is 2.26. The fourth-order valence-corrected chi connectivity index (χ4v) is 1.98. The molecule has 0 aromatic heterocycles. The molecule has 1 aromatic rings. The zero-order valence-electron chi connectivity index (χ0n) is 11.1. The Kier molecular flexibility index (Phi) is 4.63. The number of nitrogens with zero attached hydrogens (tertiary/aromatic N) is 2. The third kappa shape index (κ3) is 3.87. The molecule has 0 fully saturated rings. The lowest BCUT2D eigenvalue weighted by atomic mass is 10.1. The van der Waals surface area contributed by atoms with Crippen molar-refractivity contribution in [2.75, 3.05) is 6.54 Å². The Labute approximate surface area is 121 Å². The van der Waals surface area contributed by atoms with Gasteiger partial charge < -0.3 is 0 Å². The van der Waals surface area contributed by atoms with E-state index in [1.807, 2.05) is 0 Å². The summed E-state index contributed by atoms with van der Waals surface area (Å²) >= 11 is 0. The van der Waals surface area contributed by atoms with Crippen molar-refractivity contribution < 1.29 is 14.9 Å². The first-order valence-corrected chi connectivity index (χ1v) is 6.33. The molecule has 6 heteroatoms. The number of rotatable bonds is 5. The average Bonchev–Trinajstić information content (AvgIpc) is 2.48. The molecule has 1 atom stereocenters. The van der Waals surface area contributed by atoms with Gasteiger partial charge >= 0.3 is 0 Å². The van der Waals surface area contributed by atoms with Gasteiger partial charge in [-0.25, -0.2) is 5.06 Å². The summed E-state index contributed by atoms with van der Waals surface area (Å²) in [4.78, 5) is 21.9. The first kappa shape index (κ1) is 14.7. The number of hydrogen-bond donors (Lipinski definition) is 1. The minimum absolute atomic E-state index is 0.260. The van der Waals surface area contributed by atoms with E-state index in [-0.39, 0.29) is 11.4 Å². The molecule has 0 bridgehead atoms. The molecule has 1 aliphatic rings. The highest BCUT2D eigenvalue weighted by atomic mass is 16.6. The van der Waals surface area contributed by atoms with E-state index in [9.17, 15) is 20.1 Å². The predicted octanol–water partition coefficient (Wildman–Crippen LogP) is 2.27. The van der Waals surface area contributed by atoms with Crippen LogP contribution >= 0.6 is 0 Å². The van der Waals surface area contributed by atoms with Crippen molar-refractivity contribution in [2.45, 2.75) is 6.04 Å². The van der Waals surface area contributed by atoms with Gasteiger partial charge in [-0.2, -0.15) is 0 Å². The Hall–Kier alpha value is -2.73.